The highest BCUT2D eigenvalue weighted by atomic mass is 32.1. The van der Waals surface area contributed by atoms with E-state index in [2.05, 4.69) is 4.99 Å². The predicted octanol–water partition coefficient (Wildman–Crippen LogP) is 4.65. The van der Waals surface area contributed by atoms with Gasteiger partial charge in [0.1, 0.15) is 5.82 Å². The van der Waals surface area contributed by atoms with Crippen LogP contribution in [0.25, 0.3) is 11.8 Å². The van der Waals surface area contributed by atoms with Crippen molar-refractivity contribution in [2.45, 2.75) is 40.7 Å². The van der Waals surface area contributed by atoms with Crippen molar-refractivity contribution < 1.29 is 13.9 Å². The van der Waals surface area contributed by atoms with Crippen LogP contribution in [-0.2, 0) is 9.53 Å². The minimum Gasteiger partial charge on any atom is -0.463 e. The molecule has 0 N–H and O–H groups in total. The number of fused-ring (bicyclic) bond motifs is 1. The molecule has 194 valence electrons. The predicted molar refractivity (Wildman–Crippen MR) is 147 cm³/mol. The summed E-state index contributed by atoms with van der Waals surface area (Å²) in [5.74, 6) is -0.769. The van der Waals surface area contributed by atoms with E-state index >= 15 is 0 Å². The summed E-state index contributed by atoms with van der Waals surface area (Å²) in [6, 6.07) is 15.5. The van der Waals surface area contributed by atoms with Gasteiger partial charge in [-0.2, -0.15) is 0 Å². The van der Waals surface area contributed by atoms with E-state index in [1.165, 1.54) is 23.5 Å². The number of benzene rings is 2. The second kappa shape index (κ2) is 10.0. The zero-order chi connectivity index (χ0) is 27.1. The molecule has 0 saturated carbocycles. The van der Waals surface area contributed by atoms with Gasteiger partial charge >= 0.3 is 5.97 Å². The maximum atomic E-state index is 13.9. The van der Waals surface area contributed by atoms with E-state index in [0.717, 1.165) is 33.8 Å². The Balaban J connectivity index is 1.68. The van der Waals surface area contributed by atoms with Crippen molar-refractivity contribution in [3.8, 4) is 5.69 Å². The first-order valence-corrected chi connectivity index (χ1v) is 13.2. The number of ether oxygens (including phenoxy) is 1. The average Bonchev–Trinajstić information content (AvgIpc) is 3.34. The van der Waals surface area contributed by atoms with Gasteiger partial charge in [0, 0.05) is 17.1 Å². The van der Waals surface area contributed by atoms with Crippen LogP contribution in [0.1, 0.15) is 48.0 Å². The lowest BCUT2D eigenvalue weighted by Crippen LogP contribution is -2.39. The van der Waals surface area contributed by atoms with E-state index in [9.17, 15) is 14.0 Å². The molecule has 4 aromatic rings. The van der Waals surface area contributed by atoms with Crippen LogP contribution >= 0.6 is 11.3 Å². The molecule has 5 rings (SSSR count). The molecule has 0 saturated heterocycles. The van der Waals surface area contributed by atoms with Crippen molar-refractivity contribution in [2.24, 2.45) is 4.99 Å². The van der Waals surface area contributed by atoms with Gasteiger partial charge < -0.3 is 9.30 Å². The topological polar surface area (TPSA) is 65.6 Å². The van der Waals surface area contributed by atoms with Crippen LogP contribution in [0.15, 0.2) is 75.7 Å². The zero-order valence-corrected chi connectivity index (χ0v) is 22.7. The van der Waals surface area contributed by atoms with E-state index in [0.29, 0.717) is 20.6 Å². The molecule has 1 atom stereocenters. The minimum atomic E-state index is -0.639. The number of hydrogen-bond donors (Lipinski definition) is 0. The normalized spacial score (nSPS) is 15.4. The third-order valence-electron chi connectivity index (χ3n) is 6.75. The number of aryl methyl sites for hydroxylation is 2. The molecule has 0 spiro atoms. The summed E-state index contributed by atoms with van der Waals surface area (Å²) in [6.45, 7) is 9.70. The highest BCUT2D eigenvalue weighted by Crippen LogP contribution is 2.31. The highest BCUT2D eigenvalue weighted by molar-refractivity contribution is 7.07. The first kappa shape index (κ1) is 25.6. The highest BCUT2D eigenvalue weighted by Gasteiger charge is 2.33. The summed E-state index contributed by atoms with van der Waals surface area (Å²) in [7, 11) is 0. The molecule has 0 amide bonds. The Morgan fingerprint density at radius 3 is 2.42 bits per heavy atom. The fraction of sp³-hybridized carbons (Fsp3) is 0.233. The van der Waals surface area contributed by atoms with Crippen molar-refractivity contribution in [1.82, 2.24) is 9.13 Å². The number of aromatic nitrogens is 2. The summed E-state index contributed by atoms with van der Waals surface area (Å²) in [4.78, 5) is 32.1. The lowest BCUT2D eigenvalue weighted by atomic mass is 9.95. The molecule has 1 unspecified atom stereocenters. The molecular formula is C30H28FN3O3S. The van der Waals surface area contributed by atoms with Crippen LogP contribution in [0.5, 0.6) is 0 Å². The largest absolute Gasteiger partial charge is 0.463 e. The van der Waals surface area contributed by atoms with Crippen LogP contribution in [0.4, 0.5) is 4.39 Å². The van der Waals surface area contributed by atoms with Crippen LogP contribution in [0, 0.1) is 26.6 Å². The van der Waals surface area contributed by atoms with Crippen LogP contribution in [0.2, 0.25) is 0 Å². The number of thiazole rings is 1. The summed E-state index contributed by atoms with van der Waals surface area (Å²) in [5, 5.41) is 0. The Labute approximate surface area is 223 Å². The number of hydrogen-bond acceptors (Lipinski definition) is 5. The SMILES string of the molecule is CCOC(=O)C1=C(C)N=c2sc(=Cc3cc(C)n(-c4ccc(F)cc4)c3C)c(=O)n2C1c1ccc(C)cc1. The summed E-state index contributed by atoms with van der Waals surface area (Å²) >= 11 is 1.29. The fourth-order valence-electron chi connectivity index (χ4n) is 4.92. The lowest BCUT2D eigenvalue weighted by molar-refractivity contribution is -0.139. The third kappa shape index (κ3) is 4.45. The van der Waals surface area contributed by atoms with Crippen molar-refractivity contribution >= 4 is 23.4 Å². The Morgan fingerprint density at radius 1 is 1.08 bits per heavy atom. The fourth-order valence-corrected chi connectivity index (χ4v) is 5.96. The first-order chi connectivity index (χ1) is 18.2. The maximum absolute atomic E-state index is 13.9. The smallest absolute Gasteiger partial charge is 0.338 e. The molecule has 1 aliphatic heterocycles. The Kier molecular flexibility index (Phi) is 6.75. The van der Waals surface area contributed by atoms with E-state index in [1.807, 2.05) is 61.7 Å². The molecule has 2 aromatic heterocycles. The summed E-state index contributed by atoms with van der Waals surface area (Å²) < 4.78 is 23.0. The molecule has 8 heteroatoms. The van der Waals surface area contributed by atoms with Gasteiger partial charge in [0.15, 0.2) is 4.80 Å². The second-order valence-electron chi connectivity index (χ2n) is 9.35. The van der Waals surface area contributed by atoms with Gasteiger partial charge in [-0.15, -0.1) is 0 Å². The molecule has 6 nitrogen and oxygen atoms in total. The first-order valence-electron chi connectivity index (χ1n) is 12.4. The number of halogens is 1. The van der Waals surface area contributed by atoms with E-state index in [4.69, 9.17) is 4.74 Å². The second-order valence-corrected chi connectivity index (χ2v) is 10.4. The van der Waals surface area contributed by atoms with E-state index in [-0.39, 0.29) is 18.0 Å². The molecular weight excluding hydrogens is 501 g/mol. The Bertz CT molecular complexity index is 1760. The van der Waals surface area contributed by atoms with Crippen LogP contribution in [0.3, 0.4) is 0 Å². The number of carbonyl (C=O) groups excluding carboxylic acids is 1. The van der Waals surface area contributed by atoms with Crippen molar-refractivity contribution in [3.05, 3.63) is 119 Å². The quantitative estimate of drug-likeness (QED) is 0.354. The van der Waals surface area contributed by atoms with Gasteiger partial charge in [-0.3, -0.25) is 9.36 Å². The number of esters is 1. The number of rotatable bonds is 5. The average molecular weight is 530 g/mol. The molecule has 0 aliphatic carbocycles. The molecule has 38 heavy (non-hydrogen) atoms. The number of nitrogens with zero attached hydrogens (tertiary/aromatic N) is 3. The minimum absolute atomic E-state index is 0.222. The van der Waals surface area contributed by atoms with Crippen LogP contribution in [-0.4, -0.2) is 21.7 Å². The van der Waals surface area contributed by atoms with E-state index in [1.54, 1.807) is 30.5 Å². The molecule has 0 bridgehead atoms. The van der Waals surface area contributed by atoms with Gasteiger partial charge in [0.25, 0.3) is 5.56 Å². The summed E-state index contributed by atoms with van der Waals surface area (Å²) in [6.07, 6.45) is 1.86. The molecule has 0 fully saturated rings. The van der Waals surface area contributed by atoms with Gasteiger partial charge in [-0.25, -0.2) is 14.2 Å². The third-order valence-corrected chi connectivity index (χ3v) is 7.73. The molecule has 0 radical (unpaired) electrons. The summed E-state index contributed by atoms with van der Waals surface area (Å²) in [5.41, 5.74) is 6.19. The van der Waals surface area contributed by atoms with Crippen LogP contribution < -0.4 is 14.9 Å². The van der Waals surface area contributed by atoms with Gasteiger partial charge in [-0.1, -0.05) is 41.2 Å². The monoisotopic (exact) mass is 529 g/mol. The Morgan fingerprint density at radius 2 is 1.76 bits per heavy atom. The number of carbonyl (C=O) groups is 1. The number of allylic oxidation sites excluding steroid dienone is 1. The standard InChI is InChI=1S/C30H28FN3O3S/c1-6-37-29(36)26-19(4)32-30-34(27(26)21-9-7-17(2)8-10-21)28(35)25(38-30)16-22-15-18(3)33(20(22)5)24-13-11-23(31)12-14-24/h7-16,27H,6H2,1-5H3. The molecule has 3 heterocycles. The molecule has 1 aliphatic rings. The molecule has 2 aromatic carbocycles. The van der Waals surface area contributed by atoms with Gasteiger partial charge in [0.05, 0.1) is 28.5 Å². The van der Waals surface area contributed by atoms with E-state index < -0.39 is 12.0 Å². The van der Waals surface area contributed by atoms with Gasteiger partial charge in [0.2, 0.25) is 0 Å². The van der Waals surface area contributed by atoms with Gasteiger partial charge in [-0.05, 0) is 82.2 Å². The van der Waals surface area contributed by atoms with Crippen molar-refractivity contribution in [3.63, 3.8) is 0 Å². The van der Waals surface area contributed by atoms with Crippen molar-refractivity contribution in [1.29, 1.82) is 0 Å². The maximum Gasteiger partial charge on any atom is 0.338 e. The van der Waals surface area contributed by atoms with Crippen molar-refractivity contribution in [2.75, 3.05) is 6.61 Å². The zero-order valence-electron chi connectivity index (χ0n) is 21.9. The lowest BCUT2D eigenvalue weighted by Gasteiger charge is -2.24. The Hall–Kier alpha value is -4.04.